The van der Waals surface area contributed by atoms with E-state index in [9.17, 15) is 20.0 Å². The highest BCUT2D eigenvalue weighted by Crippen LogP contribution is 2.28. The molecule has 0 aliphatic carbocycles. The Balaban J connectivity index is 1.65. The lowest BCUT2D eigenvalue weighted by Gasteiger charge is -2.09. The molecule has 0 saturated heterocycles. The normalized spacial score (nSPS) is 10.5. The van der Waals surface area contributed by atoms with Crippen LogP contribution in [0.15, 0.2) is 48.7 Å². The molecule has 0 radical (unpaired) electrons. The summed E-state index contributed by atoms with van der Waals surface area (Å²) in [6, 6.07) is 10.2. The molecule has 144 valence electrons. The number of halogens is 1. The van der Waals surface area contributed by atoms with E-state index in [1.807, 2.05) is 13.0 Å². The Morgan fingerprint density at radius 1 is 1.32 bits per heavy atom. The van der Waals surface area contributed by atoms with Crippen molar-refractivity contribution in [2.24, 2.45) is 0 Å². The van der Waals surface area contributed by atoms with Gasteiger partial charge in [0.1, 0.15) is 11.5 Å². The number of aryl methyl sites for hydroxylation is 1. The van der Waals surface area contributed by atoms with E-state index in [2.05, 4.69) is 10.4 Å². The summed E-state index contributed by atoms with van der Waals surface area (Å²) in [5, 5.41) is 27.5. The van der Waals surface area contributed by atoms with E-state index in [0.717, 1.165) is 11.6 Å². The number of nitrogens with zero attached hydrogens (tertiary/aromatic N) is 3. The van der Waals surface area contributed by atoms with Gasteiger partial charge in [0, 0.05) is 12.3 Å². The van der Waals surface area contributed by atoms with Gasteiger partial charge >= 0.3 is 0 Å². The predicted octanol–water partition coefficient (Wildman–Crippen LogP) is 3.75. The monoisotopic (exact) mass is 402 g/mol. The maximum Gasteiger partial charge on any atom is 0.276 e. The number of phenols is 1. The second-order valence-electron chi connectivity index (χ2n) is 5.86. The number of phenolic OH excluding ortho intramolecular Hbond substituents is 1. The molecule has 28 heavy (non-hydrogen) atoms. The zero-order valence-corrected chi connectivity index (χ0v) is 15.4. The van der Waals surface area contributed by atoms with Gasteiger partial charge in [-0.05, 0) is 36.8 Å². The first-order valence-electron chi connectivity index (χ1n) is 8.04. The van der Waals surface area contributed by atoms with Crippen molar-refractivity contribution in [1.29, 1.82) is 0 Å². The molecule has 0 saturated carbocycles. The average Bonchev–Trinajstić information content (AvgIpc) is 3.13. The van der Waals surface area contributed by atoms with Crippen LogP contribution in [0.1, 0.15) is 16.1 Å². The average molecular weight is 403 g/mol. The third-order valence-corrected chi connectivity index (χ3v) is 4.06. The van der Waals surface area contributed by atoms with Crippen LogP contribution < -0.4 is 10.1 Å². The fourth-order valence-electron chi connectivity index (χ4n) is 2.34. The Hall–Kier alpha value is -3.59. The number of amides is 1. The fourth-order valence-corrected chi connectivity index (χ4v) is 2.51. The number of nitro benzene ring substituents is 1. The number of anilines is 1. The first-order chi connectivity index (χ1) is 13.3. The molecular weight excluding hydrogens is 388 g/mol. The number of hydrogen-bond acceptors (Lipinski definition) is 6. The maximum absolute atomic E-state index is 12.3. The quantitative estimate of drug-likeness (QED) is 0.368. The zero-order valence-electron chi connectivity index (χ0n) is 14.6. The van der Waals surface area contributed by atoms with Crippen molar-refractivity contribution < 1.29 is 19.6 Å². The van der Waals surface area contributed by atoms with Gasteiger partial charge in [-0.15, -0.1) is 0 Å². The zero-order chi connectivity index (χ0) is 20.3. The lowest BCUT2D eigenvalue weighted by atomic mass is 10.2. The van der Waals surface area contributed by atoms with Crippen molar-refractivity contribution in [1.82, 2.24) is 9.78 Å². The van der Waals surface area contributed by atoms with Gasteiger partial charge < -0.3 is 15.2 Å². The van der Waals surface area contributed by atoms with Gasteiger partial charge in [0.15, 0.2) is 12.4 Å². The van der Waals surface area contributed by atoms with Crippen LogP contribution in [0.25, 0.3) is 0 Å². The lowest BCUT2D eigenvalue weighted by Crippen LogP contribution is -2.14. The Labute approximate surface area is 164 Å². The second kappa shape index (κ2) is 7.97. The van der Waals surface area contributed by atoms with Gasteiger partial charge in [-0.25, -0.2) is 4.68 Å². The molecule has 1 aromatic heterocycles. The highest BCUT2D eigenvalue weighted by molar-refractivity contribution is 6.32. The van der Waals surface area contributed by atoms with E-state index in [-0.39, 0.29) is 23.8 Å². The van der Waals surface area contributed by atoms with E-state index >= 15 is 0 Å². The van der Waals surface area contributed by atoms with Crippen LogP contribution >= 0.6 is 11.6 Å². The Bertz CT molecular complexity index is 1050. The van der Waals surface area contributed by atoms with Gasteiger partial charge in [0.05, 0.1) is 21.7 Å². The van der Waals surface area contributed by atoms with Crippen LogP contribution in [0.2, 0.25) is 5.02 Å². The van der Waals surface area contributed by atoms with Crippen molar-refractivity contribution in [3.05, 3.63) is 75.1 Å². The Kier molecular flexibility index (Phi) is 5.46. The van der Waals surface area contributed by atoms with Gasteiger partial charge in [-0.2, -0.15) is 5.10 Å². The summed E-state index contributed by atoms with van der Waals surface area (Å²) in [6.07, 6.45) is 1.55. The first kappa shape index (κ1) is 19.2. The number of nitro groups is 1. The minimum absolute atomic E-state index is 0.0351. The summed E-state index contributed by atoms with van der Waals surface area (Å²) >= 11 is 6.07. The van der Waals surface area contributed by atoms with Gasteiger partial charge in [-0.1, -0.05) is 17.7 Å². The number of non-ortho nitro benzene ring substituents is 1. The SMILES string of the molecule is Cc1ccc(Cl)c(OCn2ccc(C(=O)Nc3ccc([N+](=O)[O-])cc3O)n2)c1. The molecule has 0 atom stereocenters. The van der Waals surface area contributed by atoms with E-state index in [0.29, 0.717) is 10.8 Å². The number of ether oxygens (including phenoxy) is 1. The van der Waals surface area contributed by atoms with Gasteiger partial charge in [0.25, 0.3) is 11.6 Å². The van der Waals surface area contributed by atoms with E-state index < -0.39 is 16.6 Å². The first-order valence-corrected chi connectivity index (χ1v) is 8.42. The molecule has 2 N–H and O–H groups in total. The molecule has 2 aromatic carbocycles. The van der Waals surface area contributed by atoms with Crippen LogP contribution in [0, 0.1) is 17.0 Å². The summed E-state index contributed by atoms with van der Waals surface area (Å²) in [7, 11) is 0. The fraction of sp³-hybridized carbons (Fsp3) is 0.111. The van der Waals surface area contributed by atoms with Crippen LogP contribution in [-0.2, 0) is 6.73 Å². The molecule has 10 heteroatoms. The molecule has 0 fully saturated rings. The third kappa shape index (κ3) is 4.38. The standard InChI is InChI=1S/C18H15ClN4O5/c1-11-2-4-13(19)17(8-11)28-10-22-7-6-15(21-22)18(25)20-14-5-3-12(23(26)27)9-16(14)24/h2-9,24H,10H2,1H3,(H,20,25). The summed E-state index contributed by atoms with van der Waals surface area (Å²) in [6.45, 7) is 1.95. The largest absolute Gasteiger partial charge is 0.506 e. The van der Waals surface area contributed by atoms with E-state index in [1.54, 1.807) is 18.3 Å². The van der Waals surface area contributed by atoms with E-state index in [1.165, 1.54) is 22.9 Å². The summed E-state index contributed by atoms with van der Waals surface area (Å²) in [5.41, 5.74) is 0.819. The molecule has 0 aliphatic rings. The highest BCUT2D eigenvalue weighted by atomic mass is 35.5. The molecule has 0 unspecified atom stereocenters. The molecule has 3 rings (SSSR count). The minimum atomic E-state index is -0.645. The number of benzene rings is 2. The highest BCUT2D eigenvalue weighted by Gasteiger charge is 2.15. The molecule has 1 heterocycles. The van der Waals surface area contributed by atoms with Crippen LogP contribution in [-0.4, -0.2) is 25.7 Å². The van der Waals surface area contributed by atoms with Crippen molar-refractivity contribution in [2.75, 3.05) is 5.32 Å². The number of hydrogen-bond donors (Lipinski definition) is 2. The summed E-state index contributed by atoms with van der Waals surface area (Å²) in [5.74, 6) is -0.505. The number of rotatable bonds is 6. The summed E-state index contributed by atoms with van der Waals surface area (Å²) in [4.78, 5) is 22.3. The van der Waals surface area contributed by atoms with Crippen LogP contribution in [0.3, 0.4) is 0 Å². The van der Waals surface area contributed by atoms with Crippen LogP contribution in [0.4, 0.5) is 11.4 Å². The molecule has 0 bridgehead atoms. The van der Waals surface area contributed by atoms with Crippen molar-refractivity contribution in [3.8, 4) is 11.5 Å². The van der Waals surface area contributed by atoms with Crippen molar-refractivity contribution in [3.63, 3.8) is 0 Å². The topological polar surface area (TPSA) is 120 Å². The number of aromatic nitrogens is 2. The second-order valence-corrected chi connectivity index (χ2v) is 6.27. The van der Waals surface area contributed by atoms with Crippen LogP contribution in [0.5, 0.6) is 11.5 Å². The molecule has 3 aromatic rings. The molecule has 0 spiro atoms. The van der Waals surface area contributed by atoms with Gasteiger partial charge in [-0.3, -0.25) is 14.9 Å². The smallest absolute Gasteiger partial charge is 0.276 e. The molecule has 9 nitrogen and oxygen atoms in total. The van der Waals surface area contributed by atoms with Crippen molar-refractivity contribution >= 4 is 28.9 Å². The number of nitrogens with one attached hydrogen (secondary N) is 1. The van der Waals surface area contributed by atoms with E-state index in [4.69, 9.17) is 16.3 Å². The summed E-state index contributed by atoms with van der Waals surface area (Å²) < 4.78 is 7.01. The third-order valence-electron chi connectivity index (χ3n) is 3.75. The molecule has 1 amide bonds. The van der Waals surface area contributed by atoms with Crippen molar-refractivity contribution in [2.45, 2.75) is 13.7 Å². The minimum Gasteiger partial charge on any atom is -0.506 e. The molecular formula is C18H15ClN4O5. The maximum atomic E-state index is 12.3. The lowest BCUT2D eigenvalue weighted by molar-refractivity contribution is -0.384. The molecule has 0 aliphatic heterocycles. The predicted molar refractivity (Wildman–Crippen MR) is 102 cm³/mol. The van der Waals surface area contributed by atoms with Gasteiger partial charge in [0.2, 0.25) is 0 Å². The number of carbonyl (C=O) groups is 1. The number of carbonyl (C=O) groups excluding carboxylic acids is 1. The Morgan fingerprint density at radius 3 is 2.82 bits per heavy atom. The Morgan fingerprint density at radius 2 is 2.11 bits per heavy atom. The number of aromatic hydroxyl groups is 1.